The lowest BCUT2D eigenvalue weighted by Gasteiger charge is -2.31. The number of piperidine rings is 1. The zero-order valence-corrected chi connectivity index (χ0v) is 11.8. The molecule has 0 saturated carbocycles. The third-order valence-corrected chi connectivity index (χ3v) is 3.64. The molecule has 0 bridgehead atoms. The maximum Gasteiger partial charge on any atom is 0.328 e. The molecule has 0 atom stereocenters. The van der Waals surface area contributed by atoms with Crippen molar-refractivity contribution in [3.05, 3.63) is 41.5 Å². The highest BCUT2D eigenvalue weighted by molar-refractivity contribution is 5.85. The van der Waals surface area contributed by atoms with Gasteiger partial charge in [0.2, 0.25) is 0 Å². The monoisotopic (exact) mass is 275 g/mol. The molecule has 20 heavy (non-hydrogen) atoms. The van der Waals surface area contributed by atoms with Gasteiger partial charge in [-0.25, -0.2) is 4.79 Å². The highest BCUT2D eigenvalue weighted by Gasteiger charge is 2.18. The Hall–Kier alpha value is -1.65. The van der Waals surface area contributed by atoms with Gasteiger partial charge in [-0.3, -0.25) is 4.90 Å². The molecular weight excluding hydrogens is 254 g/mol. The van der Waals surface area contributed by atoms with E-state index in [1.807, 2.05) is 18.2 Å². The second kappa shape index (κ2) is 7.22. The van der Waals surface area contributed by atoms with E-state index in [1.165, 1.54) is 11.6 Å². The highest BCUT2D eigenvalue weighted by Crippen LogP contribution is 2.16. The van der Waals surface area contributed by atoms with Crippen molar-refractivity contribution in [1.82, 2.24) is 4.90 Å². The van der Waals surface area contributed by atoms with Gasteiger partial charge in [0.15, 0.2) is 0 Å². The summed E-state index contributed by atoms with van der Waals surface area (Å²) in [6, 6.07) is 8.02. The van der Waals surface area contributed by atoms with Crippen LogP contribution in [-0.4, -0.2) is 42.3 Å². The van der Waals surface area contributed by atoms with Crippen molar-refractivity contribution in [1.29, 1.82) is 0 Å². The zero-order chi connectivity index (χ0) is 14.4. The number of carboxylic acids is 1. The lowest BCUT2D eigenvalue weighted by Crippen LogP contribution is -2.36. The first-order valence-electron chi connectivity index (χ1n) is 6.92. The summed E-state index contributed by atoms with van der Waals surface area (Å²) in [7, 11) is 1.78. The lowest BCUT2D eigenvalue weighted by molar-refractivity contribution is -0.131. The van der Waals surface area contributed by atoms with Gasteiger partial charge in [0.1, 0.15) is 0 Å². The van der Waals surface area contributed by atoms with E-state index in [0.717, 1.165) is 38.0 Å². The van der Waals surface area contributed by atoms with Gasteiger partial charge in [-0.05, 0) is 30.0 Å². The molecule has 0 unspecified atom stereocenters. The van der Waals surface area contributed by atoms with Gasteiger partial charge < -0.3 is 9.84 Å². The second-order valence-corrected chi connectivity index (χ2v) is 5.13. The fraction of sp³-hybridized carbons (Fsp3) is 0.438. The van der Waals surface area contributed by atoms with Gasteiger partial charge >= 0.3 is 5.97 Å². The van der Waals surface area contributed by atoms with Crippen LogP contribution in [-0.2, 0) is 16.1 Å². The van der Waals surface area contributed by atoms with Crippen molar-refractivity contribution < 1.29 is 14.6 Å². The van der Waals surface area contributed by atoms with Crippen LogP contribution in [0.2, 0.25) is 0 Å². The molecule has 0 aromatic heterocycles. The predicted molar refractivity (Wildman–Crippen MR) is 78.4 cm³/mol. The van der Waals surface area contributed by atoms with E-state index in [0.29, 0.717) is 6.10 Å². The molecule has 0 aliphatic carbocycles. The maximum absolute atomic E-state index is 10.5. The summed E-state index contributed by atoms with van der Waals surface area (Å²) >= 11 is 0. The quantitative estimate of drug-likeness (QED) is 0.838. The molecule has 1 aliphatic rings. The van der Waals surface area contributed by atoms with Crippen LogP contribution >= 0.6 is 0 Å². The lowest BCUT2D eigenvalue weighted by atomic mass is 10.1. The molecule has 1 heterocycles. The Kier molecular flexibility index (Phi) is 5.32. The number of likely N-dealkylation sites (tertiary alicyclic amines) is 1. The Balaban J connectivity index is 1.93. The summed E-state index contributed by atoms with van der Waals surface area (Å²) < 4.78 is 5.37. The molecule has 0 spiro atoms. The Morgan fingerprint density at radius 1 is 1.45 bits per heavy atom. The van der Waals surface area contributed by atoms with E-state index in [1.54, 1.807) is 13.2 Å². The number of benzene rings is 1. The average Bonchev–Trinajstić information content (AvgIpc) is 2.46. The average molecular weight is 275 g/mol. The van der Waals surface area contributed by atoms with E-state index in [4.69, 9.17) is 9.84 Å². The van der Waals surface area contributed by atoms with Gasteiger partial charge in [0.05, 0.1) is 6.10 Å². The van der Waals surface area contributed by atoms with Crippen LogP contribution in [0.25, 0.3) is 6.08 Å². The van der Waals surface area contributed by atoms with Crippen LogP contribution in [0.1, 0.15) is 24.0 Å². The molecule has 1 aliphatic heterocycles. The molecule has 0 amide bonds. The second-order valence-electron chi connectivity index (χ2n) is 5.13. The topological polar surface area (TPSA) is 49.8 Å². The summed E-state index contributed by atoms with van der Waals surface area (Å²) in [6.07, 6.45) is 5.35. The first-order chi connectivity index (χ1) is 9.67. The summed E-state index contributed by atoms with van der Waals surface area (Å²) in [5.74, 6) is -0.919. The van der Waals surface area contributed by atoms with E-state index >= 15 is 0 Å². The summed E-state index contributed by atoms with van der Waals surface area (Å²) in [5, 5.41) is 8.65. The zero-order valence-electron chi connectivity index (χ0n) is 11.8. The van der Waals surface area contributed by atoms with Gasteiger partial charge in [-0.1, -0.05) is 24.3 Å². The molecule has 1 fully saturated rings. The fourth-order valence-electron chi connectivity index (χ4n) is 2.52. The Morgan fingerprint density at radius 3 is 2.85 bits per heavy atom. The number of rotatable bonds is 5. The largest absolute Gasteiger partial charge is 0.478 e. The molecule has 4 heteroatoms. The van der Waals surface area contributed by atoms with Crippen LogP contribution in [0.4, 0.5) is 0 Å². The molecule has 1 saturated heterocycles. The molecule has 4 nitrogen and oxygen atoms in total. The van der Waals surface area contributed by atoms with E-state index in [9.17, 15) is 4.79 Å². The van der Waals surface area contributed by atoms with Gasteiger partial charge in [0, 0.05) is 32.8 Å². The number of carbonyl (C=O) groups is 1. The third kappa shape index (κ3) is 4.47. The molecule has 1 aromatic rings. The minimum atomic E-state index is -0.919. The van der Waals surface area contributed by atoms with Crippen molar-refractivity contribution in [3.8, 4) is 0 Å². The van der Waals surface area contributed by atoms with Crippen molar-refractivity contribution >= 4 is 12.0 Å². The minimum Gasteiger partial charge on any atom is -0.478 e. The number of carboxylic acid groups (broad SMARTS) is 1. The third-order valence-electron chi connectivity index (χ3n) is 3.64. The van der Waals surface area contributed by atoms with Gasteiger partial charge in [-0.2, -0.15) is 0 Å². The van der Waals surface area contributed by atoms with E-state index in [-0.39, 0.29) is 0 Å². The number of aliphatic carboxylic acids is 1. The van der Waals surface area contributed by atoms with Crippen LogP contribution in [0.3, 0.4) is 0 Å². The number of ether oxygens (including phenoxy) is 1. The fourth-order valence-corrected chi connectivity index (χ4v) is 2.52. The first kappa shape index (κ1) is 14.8. The standard InChI is InChI=1S/C16H21NO3/c1-20-15-7-9-17(10-8-15)12-14-4-2-3-13(11-14)5-6-16(18)19/h2-6,11,15H,7-10,12H2,1H3,(H,18,19). The Morgan fingerprint density at radius 2 is 2.20 bits per heavy atom. The van der Waals surface area contributed by atoms with Crippen molar-refractivity contribution in [2.75, 3.05) is 20.2 Å². The molecule has 0 radical (unpaired) electrons. The normalized spacial score (nSPS) is 17.6. The highest BCUT2D eigenvalue weighted by atomic mass is 16.5. The summed E-state index contributed by atoms with van der Waals surface area (Å²) in [5.41, 5.74) is 2.14. The number of methoxy groups -OCH3 is 1. The van der Waals surface area contributed by atoms with Crippen LogP contribution < -0.4 is 0 Å². The predicted octanol–water partition coefficient (Wildman–Crippen LogP) is 2.40. The minimum absolute atomic E-state index is 0.399. The van der Waals surface area contributed by atoms with E-state index in [2.05, 4.69) is 11.0 Å². The molecule has 2 rings (SSSR count). The Bertz CT molecular complexity index is 476. The summed E-state index contributed by atoms with van der Waals surface area (Å²) in [4.78, 5) is 12.9. The van der Waals surface area contributed by atoms with Crippen LogP contribution in [0.15, 0.2) is 30.3 Å². The molecule has 108 valence electrons. The van der Waals surface area contributed by atoms with E-state index < -0.39 is 5.97 Å². The van der Waals surface area contributed by atoms with Crippen molar-refractivity contribution in [3.63, 3.8) is 0 Å². The number of hydrogen-bond donors (Lipinski definition) is 1. The van der Waals surface area contributed by atoms with Crippen molar-refractivity contribution in [2.24, 2.45) is 0 Å². The molecular formula is C16H21NO3. The van der Waals surface area contributed by atoms with Crippen LogP contribution in [0, 0.1) is 0 Å². The number of hydrogen-bond acceptors (Lipinski definition) is 3. The number of nitrogens with zero attached hydrogens (tertiary/aromatic N) is 1. The maximum atomic E-state index is 10.5. The smallest absolute Gasteiger partial charge is 0.328 e. The SMILES string of the molecule is COC1CCN(Cc2cccc(C=CC(=O)O)c2)CC1. The van der Waals surface area contributed by atoms with Gasteiger partial charge in [-0.15, -0.1) is 0 Å². The van der Waals surface area contributed by atoms with Gasteiger partial charge in [0.25, 0.3) is 0 Å². The summed E-state index contributed by atoms with van der Waals surface area (Å²) in [6.45, 7) is 3.01. The van der Waals surface area contributed by atoms with Crippen LogP contribution in [0.5, 0.6) is 0 Å². The Labute approximate surface area is 119 Å². The molecule has 1 aromatic carbocycles. The molecule has 1 N–H and O–H groups in total. The first-order valence-corrected chi connectivity index (χ1v) is 6.92. The van der Waals surface area contributed by atoms with Crippen molar-refractivity contribution in [2.45, 2.75) is 25.5 Å².